The highest BCUT2D eigenvalue weighted by Crippen LogP contribution is 2.33. The number of hydrogen-bond acceptors (Lipinski definition) is 4. The monoisotopic (exact) mass is 335 g/mol. The van der Waals surface area contributed by atoms with Crippen molar-refractivity contribution in [2.75, 3.05) is 20.2 Å². The molecule has 0 aliphatic heterocycles. The highest BCUT2D eigenvalue weighted by molar-refractivity contribution is 5.86. The van der Waals surface area contributed by atoms with Crippen LogP contribution in [0.2, 0.25) is 0 Å². The molecule has 0 spiro atoms. The van der Waals surface area contributed by atoms with E-state index in [1.54, 1.807) is 12.1 Å². The molecule has 0 aliphatic carbocycles. The summed E-state index contributed by atoms with van der Waals surface area (Å²) < 4.78 is 5.21. The summed E-state index contributed by atoms with van der Waals surface area (Å²) in [4.78, 5) is 10.5. The largest absolute Gasteiger partial charge is 0.507 e. The highest BCUT2D eigenvalue weighted by Gasteiger charge is 2.11. The molecule has 0 atom stereocenters. The van der Waals surface area contributed by atoms with Crippen LogP contribution in [0, 0.1) is 0 Å². The molecule has 0 saturated carbocycles. The fourth-order valence-corrected chi connectivity index (χ4v) is 1.88. The Bertz CT molecular complexity index is 571. The number of carbonyl (C=O) groups is 1. The van der Waals surface area contributed by atoms with Gasteiger partial charge in [-0.15, -0.1) is 0 Å². The van der Waals surface area contributed by atoms with Crippen LogP contribution in [0.3, 0.4) is 0 Å². The molecule has 1 rings (SSSR count). The number of carboxylic acids is 1. The Balaban J connectivity index is 0.000000922. The third-order valence-electron chi connectivity index (χ3n) is 3.11. The summed E-state index contributed by atoms with van der Waals surface area (Å²) in [7, 11) is 1.54. The summed E-state index contributed by atoms with van der Waals surface area (Å²) in [5.41, 5.74) is 2.24. The normalized spacial score (nSPS) is 10.0. The molecule has 0 radical (unpaired) electrons. The minimum absolute atomic E-state index is 0.0503. The molecule has 0 heterocycles. The summed E-state index contributed by atoms with van der Waals surface area (Å²) in [5.74, 6) is -0.419. The molecule has 0 aliphatic rings. The lowest BCUT2D eigenvalue weighted by molar-refractivity contribution is -0.131. The number of phenols is 1. The second-order valence-electron chi connectivity index (χ2n) is 5.30. The molecule has 0 amide bonds. The summed E-state index contributed by atoms with van der Waals surface area (Å²) in [6, 6.07) is 3.34. The SMILES string of the molecule is CCNCC.COc1ccc(/C=C/C(=O)O)c(O)c1CC=C(C)C. The Morgan fingerprint density at radius 1 is 1.25 bits per heavy atom. The summed E-state index contributed by atoms with van der Waals surface area (Å²) in [6.07, 6.45) is 4.86. The molecule has 1 aromatic carbocycles. The number of aromatic hydroxyl groups is 1. The molecule has 3 N–H and O–H groups in total. The Kier molecular flexibility index (Phi) is 11.0. The quantitative estimate of drug-likeness (QED) is 0.524. The van der Waals surface area contributed by atoms with Crippen molar-refractivity contribution in [2.24, 2.45) is 0 Å². The lowest BCUT2D eigenvalue weighted by Crippen LogP contribution is -2.09. The Labute approximate surface area is 144 Å². The van der Waals surface area contributed by atoms with E-state index in [9.17, 15) is 9.90 Å². The van der Waals surface area contributed by atoms with Crippen molar-refractivity contribution in [3.63, 3.8) is 0 Å². The van der Waals surface area contributed by atoms with E-state index in [1.807, 2.05) is 19.9 Å². The Hall–Kier alpha value is -2.27. The van der Waals surface area contributed by atoms with Crippen molar-refractivity contribution in [1.82, 2.24) is 5.32 Å². The van der Waals surface area contributed by atoms with E-state index in [-0.39, 0.29) is 5.75 Å². The molecular formula is C19H29NO4. The number of carboxylic acid groups (broad SMARTS) is 1. The lowest BCUT2D eigenvalue weighted by atomic mass is 10.0. The van der Waals surface area contributed by atoms with Gasteiger partial charge in [0.05, 0.1) is 7.11 Å². The smallest absolute Gasteiger partial charge is 0.328 e. The average Bonchev–Trinajstić information content (AvgIpc) is 2.53. The predicted octanol–water partition coefficient (Wildman–Crippen LogP) is 3.62. The fraction of sp³-hybridized carbons (Fsp3) is 0.421. The standard InChI is InChI=1S/C15H18O4.C4H11N/c1-10(2)4-7-12-13(19-3)8-5-11(15(12)18)6-9-14(16)17;1-3-5-4-2/h4-6,8-9,18H,7H2,1-3H3,(H,16,17);5H,3-4H2,1-2H3/b9-6+;. The van der Waals surface area contributed by atoms with Crippen LogP contribution in [0.15, 0.2) is 29.9 Å². The van der Waals surface area contributed by atoms with Crippen molar-refractivity contribution in [3.05, 3.63) is 41.0 Å². The van der Waals surface area contributed by atoms with Crippen LogP contribution < -0.4 is 10.1 Å². The Morgan fingerprint density at radius 2 is 1.88 bits per heavy atom. The van der Waals surface area contributed by atoms with Crippen LogP contribution in [0.4, 0.5) is 0 Å². The predicted molar refractivity (Wildman–Crippen MR) is 98.7 cm³/mol. The van der Waals surface area contributed by atoms with Gasteiger partial charge in [-0.1, -0.05) is 25.5 Å². The van der Waals surface area contributed by atoms with Gasteiger partial charge in [-0.3, -0.25) is 0 Å². The molecule has 134 valence electrons. The maximum atomic E-state index is 10.5. The molecule has 0 saturated heterocycles. The number of phenolic OH excluding ortho intramolecular Hbond substituents is 1. The van der Waals surface area contributed by atoms with E-state index in [0.29, 0.717) is 23.3 Å². The van der Waals surface area contributed by atoms with E-state index < -0.39 is 5.97 Å². The first-order valence-electron chi connectivity index (χ1n) is 8.01. The third-order valence-corrected chi connectivity index (χ3v) is 3.11. The van der Waals surface area contributed by atoms with Gasteiger partial charge in [-0.2, -0.15) is 0 Å². The molecule has 0 fully saturated rings. The van der Waals surface area contributed by atoms with Gasteiger partial charge in [0, 0.05) is 17.2 Å². The van der Waals surface area contributed by atoms with Gasteiger partial charge in [0.25, 0.3) is 0 Å². The van der Waals surface area contributed by atoms with Crippen molar-refractivity contribution >= 4 is 12.0 Å². The molecule has 0 unspecified atom stereocenters. The number of nitrogens with one attached hydrogen (secondary N) is 1. The van der Waals surface area contributed by atoms with Crippen LogP contribution in [-0.2, 0) is 11.2 Å². The number of ether oxygens (including phenoxy) is 1. The third kappa shape index (κ3) is 8.39. The molecule has 24 heavy (non-hydrogen) atoms. The van der Waals surface area contributed by atoms with E-state index in [1.165, 1.54) is 13.2 Å². The first-order chi connectivity index (χ1) is 11.4. The highest BCUT2D eigenvalue weighted by atomic mass is 16.5. The minimum Gasteiger partial charge on any atom is -0.507 e. The number of benzene rings is 1. The fourth-order valence-electron chi connectivity index (χ4n) is 1.88. The molecule has 5 nitrogen and oxygen atoms in total. The topological polar surface area (TPSA) is 78.8 Å². The number of methoxy groups -OCH3 is 1. The van der Waals surface area contributed by atoms with E-state index in [2.05, 4.69) is 19.2 Å². The van der Waals surface area contributed by atoms with E-state index in [4.69, 9.17) is 9.84 Å². The van der Waals surface area contributed by atoms with Gasteiger partial charge in [0.1, 0.15) is 11.5 Å². The summed E-state index contributed by atoms with van der Waals surface area (Å²) in [5, 5.41) is 21.9. The van der Waals surface area contributed by atoms with Crippen LogP contribution in [-0.4, -0.2) is 36.4 Å². The first kappa shape index (κ1) is 21.7. The summed E-state index contributed by atoms with van der Waals surface area (Å²) >= 11 is 0. The molecule has 1 aromatic rings. The van der Waals surface area contributed by atoms with Crippen LogP contribution in [0.1, 0.15) is 38.8 Å². The number of rotatable bonds is 7. The molecule has 0 aromatic heterocycles. The maximum absolute atomic E-state index is 10.5. The molecule has 0 bridgehead atoms. The van der Waals surface area contributed by atoms with Gasteiger partial charge in [-0.05, 0) is 51.6 Å². The number of allylic oxidation sites excluding steroid dienone is 2. The molecule has 5 heteroatoms. The molecular weight excluding hydrogens is 306 g/mol. The minimum atomic E-state index is -1.05. The van der Waals surface area contributed by atoms with Crippen LogP contribution >= 0.6 is 0 Å². The van der Waals surface area contributed by atoms with Crippen molar-refractivity contribution < 1.29 is 19.7 Å². The van der Waals surface area contributed by atoms with Crippen molar-refractivity contribution in [2.45, 2.75) is 34.1 Å². The van der Waals surface area contributed by atoms with E-state index >= 15 is 0 Å². The number of aliphatic carboxylic acids is 1. The van der Waals surface area contributed by atoms with Gasteiger partial charge < -0.3 is 20.3 Å². The zero-order chi connectivity index (χ0) is 18.5. The zero-order valence-electron chi connectivity index (χ0n) is 15.2. The lowest BCUT2D eigenvalue weighted by Gasteiger charge is -2.11. The van der Waals surface area contributed by atoms with Crippen LogP contribution in [0.5, 0.6) is 11.5 Å². The second kappa shape index (κ2) is 12.2. The number of hydrogen-bond donors (Lipinski definition) is 3. The van der Waals surface area contributed by atoms with Crippen molar-refractivity contribution in [1.29, 1.82) is 0 Å². The zero-order valence-corrected chi connectivity index (χ0v) is 15.2. The van der Waals surface area contributed by atoms with Gasteiger partial charge in [0.2, 0.25) is 0 Å². The second-order valence-corrected chi connectivity index (χ2v) is 5.30. The Morgan fingerprint density at radius 3 is 2.29 bits per heavy atom. The van der Waals surface area contributed by atoms with Gasteiger partial charge in [-0.25, -0.2) is 4.79 Å². The average molecular weight is 335 g/mol. The van der Waals surface area contributed by atoms with Crippen molar-refractivity contribution in [3.8, 4) is 11.5 Å². The summed E-state index contributed by atoms with van der Waals surface area (Å²) in [6.45, 7) is 10.3. The van der Waals surface area contributed by atoms with Gasteiger partial charge >= 0.3 is 5.97 Å². The van der Waals surface area contributed by atoms with E-state index in [0.717, 1.165) is 24.7 Å². The first-order valence-corrected chi connectivity index (χ1v) is 8.01. The van der Waals surface area contributed by atoms with Crippen LogP contribution in [0.25, 0.3) is 6.08 Å². The van der Waals surface area contributed by atoms with Gasteiger partial charge in [0.15, 0.2) is 0 Å². The maximum Gasteiger partial charge on any atom is 0.328 e.